The van der Waals surface area contributed by atoms with Gasteiger partial charge in [-0.3, -0.25) is 4.79 Å². The van der Waals surface area contributed by atoms with E-state index >= 15 is 0 Å². The number of benzene rings is 3. The van der Waals surface area contributed by atoms with Crippen LogP contribution in [0.5, 0.6) is 0 Å². The summed E-state index contributed by atoms with van der Waals surface area (Å²) in [5.74, 6) is -0.454. The average molecular weight is 464 g/mol. The molecule has 4 rings (SSSR count). The van der Waals surface area contributed by atoms with Gasteiger partial charge in [-0.25, -0.2) is 0 Å². The molecular formula is C27H29NO6. The minimum Gasteiger partial charge on any atom is -0.388 e. The Morgan fingerprint density at radius 3 is 1.68 bits per heavy atom. The predicted molar refractivity (Wildman–Crippen MR) is 126 cm³/mol. The lowest BCUT2D eigenvalue weighted by Crippen LogP contribution is -2.64. The predicted octanol–water partition coefficient (Wildman–Crippen LogP) is 1.94. The maximum absolute atomic E-state index is 11.4. The average Bonchev–Trinajstić information content (AvgIpc) is 2.87. The number of nitrogens with one attached hydrogen (secondary N) is 1. The number of ether oxygens (including phenoxy) is 2. The number of rotatable bonds is 7. The van der Waals surface area contributed by atoms with Gasteiger partial charge in [-0.15, -0.1) is 0 Å². The van der Waals surface area contributed by atoms with Gasteiger partial charge < -0.3 is 30.1 Å². The van der Waals surface area contributed by atoms with Crippen LogP contribution in [0.1, 0.15) is 23.6 Å². The van der Waals surface area contributed by atoms with Crippen molar-refractivity contribution in [1.29, 1.82) is 0 Å². The molecule has 7 heteroatoms. The normalized spacial score (nSPS) is 25.0. The summed E-state index contributed by atoms with van der Waals surface area (Å²) in [5.41, 5.74) is 1.57. The zero-order valence-corrected chi connectivity index (χ0v) is 18.8. The lowest BCUT2D eigenvalue weighted by molar-refractivity contribution is -0.261. The van der Waals surface area contributed by atoms with Gasteiger partial charge >= 0.3 is 0 Å². The van der Waals surface area contributed by atoms with Gasteiger partial charge in [0.15, 0.2) is 6.29 Å². The molecule has 1 fully saturated rings. The van der Waals surface area contributed by atoms with Crippen LogP contribution in [0, 0.1) is 0 Å². The van der Waals surface area contributed by atoms with E-state index in [-0.39, 0.29) is 6.61 Å². The van der Waals surface area contributed by atoms with E-state index in [0.717, 1.165) is 16.7 Å². The van der Waals surface area contributed by atoms with E-state index in [0.29, 0.717) is 0 Å². The first-order valence-corrected chi connectivity index (χ1v) is 11.2. The molecule has 0 spiro atoms. The molecule has 3 aromatic rings. The largest absolute Gasteiger partial charge is 0.388 e. The standard InChI is InChI=1S/C27H29NO6/c1-18(29)28-23-25(31)24(30)22(34-26(23)32)17-33-27(19-11-5-2-6-12-19,20-13-7-3-8-14-20)21-15-9-4-10-16-21/h2-16,22-26,30-32H,17H2,1H3,(H,28,29)/t22-,23+,24-,25-,26-/m1/s1. The smallest absolute Gasteiger partial charge is 0.217 e. The van der Waals surface area contributed by atoms with Crippen LogP contribution in [0.25, 0.3) is 0 Å². The third kappa shape index (κ3) is 4.75. The third-order valence-corrected chi connectivity index (χ3v) is 6.10. The van der Waals surface area contributed by atoms with Crippen molar-refractivity contribution >= 4 is 5.91 Å². The Labute approximate surface area is 198 Å². The second-order valence-electron chi connectivity index (χ2n) is 8.36. The molecule has 1 amide bonds. The Kier molecular flexibility index (Phi) is 7.41. The molecule has 0 aromatic heterocycles. The minimum atomic E-state index is -1.50. The number of aliphatic hydroxyl groups is 3. The molecule has 0 aliphatic carbocycles. The van der Waals surface area contributed by atoms with E-state index in [4.69, 9.17) is 9.47 Å². The summed E-state index contributed by atoms with van der Waals surface area (Å²) in [4.78, 5) is 11.4. The highest BCUT2D eigenvalue weighted by Gasteiger charge is 2.46. The van der Waals surface area contributed by atoms with E-state index in [1.807, 2.05) is 91.0 Å². The molecule has 178 valence electrons. The van der Waals surface area contributed by atoms with Gasteiger partial charge in [0.2, 0.25) is 5.91 Å². The van der Waals surface area contributed by atoms with Crippen LogP contribution in [0.15, 0.2) is 91.0 Å². The van der Waals surface area contributed by atoms with Crippen molar-refractivity contribution in [2.45, 2.75) is 43.2 Å². The van der Waals surface area contributed by atoms with Crippen molar-refractivity contribution in [3.8, 4) is 0 Å². The lowest BCUT2D eigenvalue weighted by Gasteiger charge is -2.43. The van der Waals surface area contributed by atoms with Gasteiger partial charge in [-0.1, -0.05) is 91.0 Å². The summed E-state index contributed by atoms with van der Waals surface area (Å²) in [6.07, 6.45) is -5.36. The van der Waals surface area contributed by atoms with Crippen molar-refractivity contribution in [3.63, 3.8) is 0 Å². The summed E-state index contributed by atoms with van der Waals surface area (Å²) < 4.78 is 12.2. The van der Waals surface area contributed by atoms with Gasteiger partial charge in [-0.05, 0) is 16.7 Å². The summed E-state index contributed by atoms with van der Waals surface area (Å²) >= 11 is 0. The second kappa shape index (κ2) is 10.5. The summed E-state index contributed by atoms with van der Waals surface area (Å²) in [6.45, 7) is 1.12. The summed E-state index contributed by atoms with van der Waals surface area (Å²) in [5, 5.41) is 34.1. The van der Waals surface area contributed by atoms with E-state index in [2.05, 4.69) is 5.32 Å². The zero-order chi connectivity index (χ0) is 24.1. The van der Waals surface area contributed by atoms with Crippen molar-refractivity contribution in [1.82, 2.24) is 5.32 Å². The minimum absolute atomic E-state index is 0.138. The monoisotopic (exact) mass is 463 g/mol. The van der Waals surface area contributed by atoms with Gasteiger partial charge in [0.05, 0.1) is 6.61 Å². The van der Waals surface area contributed by atoms with Crippen molar-refractivity contribution in [3.05, 3.63) is 108 Å². The molecule has 1 aliphatic heterocycles. The first-order chi connectivity index (χ1) is 16.4. The third-order valence-electron chi connectivity index (χ3n) is 6.10. The van der Waals surface area contributed by atoms with Gasteiger partial charge in [-0.2, -0.15) is 0 Å². The van der Waals surface area contributed by atoms with Crippen LogP contribution in [-0.2, 0) is 19.9 Å². The highest BCUT2D eigenvalue weighted by Crippen LogP contribution is 2.41. The highest BCUT2D eigenvalue weighted by atomic mass is 16.6. The molecular weight excluding hydrogens is 434 g/mol. The molecule has 0 bridgehead atoms. The summed E-state index contributed by atoms with van der Waals surface area (Å²) in [6, 6.07) is 28.0. The second-order valence-corrected chi connectivity index (χ2v) is 8.36. The van der Waals surface area contributed by atoms with Crippen LogP contribution in [0.3, 0.4) is 0 Å². The molecule has 1 aliphatic rings. The van der Waals surface area contributed by atoms with Crippen molar-refractivity contribution in [2.24, 2.45) is 0 Å². The fourth-order valence-electron chi connectivity index (χ4n) is 4.45. The van der Waals surface area contributed by atoms with Crippen molar-refractivity contribution in [2.75, 3.05) is 6.61 Å². The van der Waals surface area contributed by atoms with Gasteiger partial charge in [0.1, 0.15) is 30.0 Å². The van der Waals surface area contributed by atoms with E-state index in [1.54, 1.807) is 0 Å². The van der Waals surface area contributed by atoms with Crippen LogP contribution in [0.4, 0.5) is 0 Å². The molecule has 5 atom stereocenters. The van der Waals surface area contributed by atoms with Crippen LogP contribution < -0.4 is 5.32 Å². The Bertz CT molecular complexity index is 966. The van der Waals surface area contributed by atoms with Crippen LogP contribution >= 0.6 is 0 Å². The topological polar surface area (TPSA) is 108 Å². The molecule has 0 radical (unpaired) electrons. The molecule has 7 nitrogen and oxygen atoms in total. The maximum Gasteiger partial charge on any atom is 0.217 e. The summed E-state index contributed by atoms with van der Waals surface area (Å²) in [7, 11) is 0. The Balaban J connectivity index is 1.71. The van der Waals surface area contributed by atoms with E-state index in [1.165, 1.54) is 6.92 Å². The Morgan fingerprint density at radius 2 is 1.26 bits per heavy atom. The SMILES string of the molecule is CC(=O)N[C@H]1[C@@H](O)[C@H](O)[C@@H](COC(c2ccccc2)(c2ccccc2)c2ccccc2)O[C@H]1O. The fourth-order valence-corrected chi connectivity index (χ4v) is 4.45. The fraction of sp³-hybridized carbons (Fsp3) is 0.296. The number of hydrogen-bond acceptors (Lipinski definition) is 6. The lowest BCUT2D eigenvalue weighted by atomic mass is 9.80. The molecule has 1 saturated heterocycles. The molecule has 0 saturated carbocycles. The quantitative estimate of drug-likeness (QED) is 0.399. The molecule has 1 heterocycles. The molecule has 3 aromatic carbocycles. The van der Waals surface area contributed by atoms with Gasteiger partial charge in [0.25, 0.3) is 0 Å². The van der Waals surface area contributed by atoms with Crippen LogP contribution in [0.2, 0.25) is 0 Å². The van der Waals surface area contributed by atoms with E-state index in [9.17, 15) is 20.1 Å². The molecule has 34 heavy (non-hydrogen) atoms. The number of aliphatic hydroxyl groups excluding tert-OH is 3. The van der Waals surface area contributed by atoms with Crippen molar-refractivity contribution < 1.29 is 29.6 Å². The zero-order valence-electron chi connectivity index (χ0n) is 18.8. The Hall–Kier alpha value is -3.07. The van der Waals surface area contributed by atoms with Crippen LogP contribution in [-0.4, -0.2) is 58.5 Å². The van der Waals surface area contributed by atoms with Gasteiger partial charge in [0, 0.05) is 6.92 Å². The van der Waals surface area contributed by atoms with E-state index < -0.39 is 42.2 Å². The first kappa shape index (κ1) is 24.1. The number of amides is 1. The Morgan fingerprint density at radius 1 is 0.824 bits per heavy atom. The molecule has 0 unspecified atom stereocenters. The number of carbonyl (C=O) groups is 1. The molecule has 4 N–H and O–H groups in total. The maximum atomic E-state index is 11.4. The number of carbonyl (C=O) groups excluding carboxylic acids is 1. The highest BCUT2D eigenvalue weighted by molar-refractivity contribution is 5.73. The first-order valence-electron chi connectivity index (χ1n) is 11.2. The number of hydrogen-bond donors (Lipinski definition) is 4.